The third-order valence-electron chi connectivity index (χ3n) is 6.68. The van der Waals surface area contributed by atoms with Gasteiger partial charge in [-0.05, 0) is 61.5 Å². The highest BCUT2D eigenvalue weighted by atomic mass is 16.6. The Balaban J connectivity index is 1.21. The van der Waals surface area contributed by atoms with Crippen LogP contribution in [-0.2, 0) is 11.3 Å². The lowest BCUT2D eigenvalue weighted by atomic mass is 9.94. The Hall–Kier alpha value is -2.77. The van der Waals surface area contributed by atoms with Gasteiger partial charge in [-0.15, -0.1) is 0 Å². The van der Waals surface area contributed by atoms with E-state index >= 15 is 0 Å². The molecule has 0 saturated carbocycles. The van der Waals surface area contributed by atoms with Crippen LogP contribution in [0.1, 0.15) is 18.4 Å². The summed E-state index contributed by atoms with van der Waals surface area (Å²) in [6.45, 7) is 12.0. The average molecular weight is 453 g/mol. The van der Waals surface area contributed by atoms with Gasteiger partial charge in [0.15, 0.2) is 11.5 Å². The zero-order chi connectivity index (χ0) is 23.0. The fourth-order valence-electron chi connectivity index (χ4n) is 4.86. The molecule has 7 nitrogen and oxygen atoms in total. The lowest BCUT2D eigenvalue weighted by Gasteiger charge is -2.38. The smallest absolute Gasteiger partial charge is 0.225 e. The van der Waals surface area contributed by atoms with E-state index < -0.39 is 0 Å². The number of likely N-dealkylation sites (tertiary alicyclic amines) is 1. The summed E-state index contributed by atoms with van der Waals surface area (Å²) in [5.41, 5.74) is 7.92. The van der Waals surface area contributed by atoms with E-state index in [-0.39, 0.29) is 5.92 Å². The fraction of sp³-hybridized carbons (Fsp3) is 0.500. The fourth-order valence-corrected chi connectivity index (χ4v) is 4.86. The van der Waals surface area contributed by atoms with Crippen LogP contribution in [0.25, 0.3) is 0 Å². The SMILES string of the molecule is C=C/C=C(\C=C/N)CN1CCC(C(=O)N2CCN(Cc3ccc4c(c3)OCCO4)CC2)CC1. The van der Waals surface area contributed by atoms with Gasteiger partial charge in [0.2, 0.25) is 5.91 Å². The number of carbonyl (C=O) groups is 1. The van der Waals surface area contributed by atoms with E-state index in [0.717, 1.165) is 82.3 Å². The van der Waals surface area contributed by atoms with Gasteiger partial charge in [-0.25, -0.2) is 0 Å². The van der Waals surface area contributed by atoms with Crippen LogP contribution in [0.4, 0.5) is 0 Å². The molecule has 1 aromatic rings. The highest BCUT2D eigenvalue weighted by molar-refractivity contribution is 5.79. The van der Waals surface area contributed by atoms with Crippen molar-refractivity contribution in [1.82, 2.24) is 14.7 Å². The van der Waals surface area contributed by atoms with Gasteiger partial charge < -0.3 is 20.1 Å². The summed E-state index contributed by atoms with van der Waals surface area (Å²) < 4.78 is 11.3. The number of amides is 1. The molecule has 3 heterocycles. The summed E-state index contributed by atoms with van der Waals surface area (Å²) in [6.07, 6.45) is 9.11. The Morgan fingerprint density at radius 3 is 2.45 bits per heavy atom. The molecule has 178 valence electrons. The predicted octanol–water partition coefficient (Wildman–Crippen LogP) is 2.40. The number of nitrogens with zero attached hydrogens (tertiary/aromatic N) is 3. The van der Waals surface area contributed by atoms with E-state index in [1.165, 1.54) is 5.56 Å². The zero-order valence-corrected chi connectivity index (χ0v) is 19.5. The number of benzene rings is 1. The quantitative estimate of drug-likeness (QED) is 0.641. The molecule has 1 amide bonds. The predicted molar refractivity (Wildman–Crippen MR) is 130 cm³/mol. The Morgan fingerprint density at radius 2 is 1.76 bits per heavy atom. The van der Waals surface area contributed by atoms with Crippen molar-refractivity contribution < 1.29 is 14.3 Å². The van der Waals surface area contributed by atoms with Crippen molar-refractivity contribution in [3.05, 3.63) is 60.3 Å². The molecular weight excluding hydrogens is 416 g/mol. The Kier molecular flexibility index (Phi) is 8.07. The summed E-state index contributed by atoms with van der Waals surface area (Å²) >= 11 is 0. The average Bonchev–Trinajstić information content (AvgIpc) is 2.85. The highest BCUT2D eigenvalue weighted by Crippen LogP contribution is 2.31. The maximum Gasteiger partial charge on any atom is 0.225 e. The van der Waals surface area contributed by atoms with Crippen LogP contribution in [0.2, 0.25) is 0 Å². The summed E-state index contributed by atoms with van der Waals surface area (Å²) in [5.74, 6) is 2.14. The molecule has 0 unspecified atom stereocenters. The van der Waals surface area contributed by atoms with E-state index in [1.54, 1.807) is 12.3 Å². The first-order valence-electron chi connectivity index (χ1n) is 12.0. The summed E-state index contributed by atoms with van der Waals surface area (Å²) in [5, 5.41) is 0. The van der Waals surface area contributed by atoms with Gasteiger partial charge in [0.25, 0.3) is 0 Å². The molecule has 0 atom stereocenters. The molecule has 0 bridgehead atoms. The zero-order valence-electron chi connectivity index (χ0n) is 19.5. The van der Waals surface area contributed by atoms with Crippen LogP contribution >= 0.6 is 0 Å². The molecule has 3 aliphatic rings. The van der Waals surface area contributed by atoms with E-state index in [2.05, 4.69) is 33.4 Å². The number of piperazine rings is 1. The van der Waals surface area contributed by atoms with Crippen molar-refractivity contribution in [2.45, 2.75) is 19.4 Å². The van der Waals surface area contributed by atoms with E-state index in [4.69, 9.17) is 15.2 Å². The second-order valence-electron chi connectivity index (χ2n) is 8.97. The number of piperidine rings is 1. The molecule has 2 N–H and O–H groups in total. The number of fused-ring (bicyclic) bond motifs is 1. The Morgan fingerprint density at radius 1 is 1.03 bits per heavy atom. The Labute approximate surface area is 197 Å². The second kappa shape index (κ2) is 11.4. The topological polar surface area (TPSA) is 71.3 Å². The standard InChI is InChI=1S/C26H36N4O3/c1-2-3-21(6-9-27)19-28-10-7-23(8-11-28)26(31)30-14-12-29(13-15-30)20-22-4-5-24-25(18-22)33-17-16-32-24/h2-6,9,18,23H,1,7-8,10-17,19-20,27H2/b9-6-,21-3+. The van der Waals surface area contributed by atoms with Gasteiger partial charge in [-0.1, -0.05) is 24.8 Å². The first-order chi connectivity index (χ1) is 16.2. The maximum absolute atomic E-state index is 13.1. The number of nitrogens with two attached hydrogens (primary N) is 1. The third-order valence-corrected chi connectivity index (χ3v) is 6.68. The van der Waals surface area contributed by atoms with Crippen molar-refractivity contribution >= 4 is 5.91 Å². The minimum absolute atomic E-state index is 0.141. The first-order valence-corrected chi connectivity index (χ1v) is 12.0. The van der Waals surface area contributed by atoms with Gasteiger partial charge in [-0.3, -0.25) is 14.6 Å². The van der Waals surface area contributed by atoms with Crippen molar-refractivity contribution in [3.63, 3.8) is 0 Å². The number of rotatable bonds is 7. The van der Waals surface area contributed by atoms with Crippen LogP contribution in [0, 0.1) is 5.92 Å². The lowest BCUT2D eigenvalue weighted by molar-refractivity contribution is -0.138. The van der Waals surface area contributed by atoms with E-state index in [9.17, 15) is 4.79 Å². The molecule has 0 aliphatic carbocycles. The minimum Gasteiger partial charge on any atom is -0.486 e. The number of hydrogen-bond acceptors (Lipinski definition) is 6. The summed E-state index contributed by atoms with van der Waals surface area (Å²) in [7, 11) is 0. The highest BCUT2D eigenvalue weighted by Gasteiger charge is 2.30. The van der Waals surface area contributed by atoms with Crippen molar-refractivity contribution in [2.24, 2.45) is 11.7 Å². The number of ether oxygens (including phenoxy) is 2. The normalized spacial score (nSPS) is 20.8. The van der Waals surface area contributed by atoms with Crippen LogP contribution in [0.5, 0.6) is 11.5 Å². The maximum atomic E-state index is 13.1. The van der Waals surface area contributed by atoms with Gasteiger partial charge >= 0.3 is 0 Å². The summed E-state index contributed by atoms with van der Waals surface area (Å²) in [4.78, 5) is 20.0. The van der Waals surface area contributed by atoms with E-state index in [0.29, 0.717) is 19.1 Å². The monoisotopic (exact) mass is 452 g/mol. The van der Waals surface area contributed by atoms with Crippen LogP contribution in [-0.4, -0.2) is 79.6 Å². The minimum atomic E-state index is 0.141. The largest absolute Gasteiger partial charge is 0.486 e. The van der Waals surface area contributed by atoms with E-state index in [1.807, 2.05) is 18.2 Å². The van der Waals surface area contributed by atoms with Crippen molar-refractivity contribution in [2.75, 3.05) is 59.0 Å². The molecule has 33 heavy (non-hydrogen) atoms. The van der Waals surface area contributed by atoms with Crippen molar-refractivity contribution in [3.8, 4) is 11.5 Å². The van der Waals surface area contributed by atoms with Crippen LogP contribution in [0.15, 0.2) is 54.8 Å². The van der Waals surface area contributed by atoms with Gasteiger partial charge in [0.1, 0.15) is 13.2 Å². The molecule has 4 rings (SSSR count). The molecule has 0 radical (unpaired) electrons. The Bertz CT molecular complexity index is 882. The molecule has 0 aromatic heterocycles. The summed E-state index contributed by atoms with van der Waals surface area (Å²) in [6, 6.07) is 6.19. The van der Waals surface area contributed by atoms with Crippen molar-refractivity contribution in [1.29, 1.82) is 0 Å². The molecule has 7 heteroatoms. The molecular formula is C26H36N4O3. The lowest BCUT2D eigenvalue weighted by Crippen LogP contribution is -2.51. The molecule has 0 spiro atoms. The molecule has 3 aliphatic heterocycles. The number of carbonyl (C=O) groups excluding carboxylic acids is 1. The van der Waals surface area contributed by atoms with Crippen LogP contribution < -0.4 is 15.2 Å². The first kappa shape index (κ1) is 23.4. The molecule has 2 saturated heterocycles. The van der Waals surface area contributed by atoms with Crippen LogP contribution in [0.3, 0.4) is 0 Å². The second-order valence-corrected chi connectivity index (χ2v) is 8.97. The van der Waals surface area contributed by atoms with Gasteiger partial charge in [0, 0.05) is 45.2 Å². The molecule has 2 fully saturated rings. The number of hydrogen-bond donors (Lipinski definition) is 1. The number of allylic oxidation sites excluding steroid dienone is 2. The van der Waals surface area contributed by atoms with Gasteiger partial charge in [0.05, 0.1) is 0 Å². The molecule has 1 aromatic carbocycles. The van der Waals surface area contributed by atoms with Gasteiger partial charge in [-0.2, -0.15) is 0 Å². The third kappa shape index (κ3) is 6.18.